The lowest BCUT2D eigenvalue weighted by molar-refractivity contribution is -0.136. The summed E-state index contributed by atoms with van der Waals surface area (Å²) in [6.07, 6.45) is 1.56. The predicted octanol–water partition coefficient (Wildman–Crippen LogP) is 4.42. The molecular weight excluding hydrogens is 393 g/mol. The average Bonchev–Trinajstić information content (AvgIpc) is 3.37. The minimum Gasteiger partial charge on any atom is -0.370 e. The summed E-state index contributed by atoms with van der Waals surface area (Å²) in [6, 6.07) is 8.13. The van der Waals surface area contributed by atoms with Gasteiger partial charge in [0.05, 0.1) is 16.8 Å². The van der Waals surface area contributed by atoms with Gasteiger partial charge in [0.1, 0.15) is 0 Å². The summed E-state index contributed by atoms with van der Waals surface area (Å²) >= 11 is 0. The first-order chi connectivity index (χ1) is 14.3. The quantitative estimate of drug-likeness (QED) is 0.799. The largest absolute Gasteiger partial charge is 0.418 e. The van der Waals surface area contributed by atoms with Gasteiger partial charge in [-0.05, 0) is 63.1 Å². The SMILES string of the molecule is CC1CCCN1C1CCN(c2ccc(NC(=O)c3cccnc3)c(C(F)(F)F)c2)C1. The summed E-state index contributed by atoms with van der Waals surface area (Å²) in [5.41, 5.74) is -0.341. The number of nitrogens with one attached hydrogen (secondary N) is 1. The molecule has 2 unspecified atom stereocenters. The van der Waals surface area contributed by atoms with Gasteiger partial charge in [0.15, 0.2) is 0 Å². The minimum absolute atomic E-state index is 0.205. The Balaban J connectivity index is 1.54. The Kier molecular flexibility index (Phi) is 5.69. The second-order valence-corrected chi connectivity index (χ2v) is 8.04. The zero-order chi connectivity index (χ0) is 21.3. The van der Waals surface area contributed by atoms with E-state index < -0.39 is 17.6 Å². The van der Waals surface area contributed by atoms with Crippen LogP contribution in [0.5, 0.6) is 0 Å². The number of alkyl halides is 3. The Hall–Kier alpha value is -2.61. The van der Waals surface area contributed by atoms with Crippen LogP contribution >= 0.6 is 0 Å². The molecule has 4 rings (SSSR count). The van der Waals surface area contributed by atoms with Crippen LogP contribution in [0.25, 0.3) is 0 Å². The van der Waals surface area contributed by atoms with E-state index in [0.29, 0.717) is 17.8 Å². The molecule has 0 bridgehead atoms. The molecule has 0 aliphatic carbocycles. The van der Waals surface area contributed by atoms with Crippen LogP contribution < -0.4 is 10.2 Å². The average molecular weight is 418 g/mol. The van der Waals surface area contributed by atoms with Crippen LogP contribution in [0.2, 0.25) is 0 Å². The second-order valence-electron chi connectivity index (χ2n) is 8.04. The molecule has 0 radical (unpaired) electrons. The third kappa shape index (κ3) is 4.28. The molecule has 2 aliphatic rings. The van der Waals surface area contributed by atoms with E-state index in [9.17, 15) is 18.0 Å². The fourth-order valence-corrected chi connectivity index (χ4v) is 4.51. The number of amides is 1. The number of benzene rings is 1. The van der Waals surface area contributed by atoms with E-state index in [1.54, 1.807) is 12.1 Å². The first-order valence-electron chi connectivity index (χ1n) is 10.3. The lowest BCUT2D eigenvalue weighted by Crippen LogP contribution is -2.39. The Morgan fingerprint density at radius 2 is 2.03 bits per heavy atom. The Morgan fingerprint density at radius 1 is 1.20 bits per heavy atom. The predicted molar refractivity (Wildman–Crippen MR) is 110 cm³/mol. The van der Waals surface area contributed by atoms with Crippen molar-refractivity contribution in [2.24, 2.45) is 0 Å². The lowest BCUT2D eigenvalue weighted by atomic mass is 10.1. The summed E-state index contributed by atoms with van der Waals surface area (Å²) in [5, 5.41) is 2.38. The highest BCUT2D eigenvalue weighted by atomic mass is 19.4. The van der Waals surface area contributed by atoms with E-state index >= 15 is 0 Å². The molecule has 1 N–H and O–H groups in total. The van der Waals surface area contributed by atoms with Crippen molar-refractivity contribution < 1.29 is 18.0 Å². The van der Waals surface area contributed by atoms with Gasteiger partial charge in [0.25, 0.3) is 5.91 Å². The number of aromatic nitrogens is 1. The molecule has 1 aromatic heterocycles. The third-order valence-corrected chi connectivity index (χ3v) is 6.08. The van der Waals surface area contributed by atoms with E-state index in [2.05, 4.69) is 22.1 Å². The molecule has 3 heterocycles. The molecule has 2 fully saturated rings. The highest BCUT2D eigenvalue weighted by Gasteiger charge is 2.37. The van der Waals surface area contributed by atoms with Crippen molar-refractivity contribution in [2.75, 3.05) is 29.9 Å². The van der Waals surface area contributed by atoms with E-state index in [-0.39, 0.29) is 11.3 Å². The number of anilines is 2. The maximum absolute atomic E-state index is 13.8. The maximum Gasteiger partial charge on any atom is 0.418 e. The molecule has 2 saturated heterocycles. The third-order valence-electron chi connectivity index (χ3n) is 6.08. The molecule has 1 aromatic carbocycles. The normalized spacial score (nSPS) is 22.5. The molecule has 160 valence electrons. The fourth-order valence-electron chi connectivity index (χ4n) is 4.51. The molecule has 0 saturated carbocycles. The maximum atomic E-state index is 13.8. The first kappa shape index (κ1) is 20.7. The molecule has 5 nitrogen and oxygen atoms in total. The number of hydrogen-bond acceptors (Lipinski definition) is 4. The molecule has 1 amide bonds. The monoisotopic (exact) mass is 418 g/mol. The zero-order valence-corrected chi connectivity index (χ0v) is 16.8. The number of rotatable bonds is 4. The summed E-state index contributed by atoms with van der Waals surface area (Å²) in [6.45, 7) is 4.74. The van der Waals surface area contributed by atoms with Crippen molar-refractivity contribution in [2.45, 2.75) is 44.4 Å². The summed E-state index contributed by atoms with van der Waals surface area (Å²) < 4.78 is 41.3. The van der Waals surface area contributed by atoms with Crippen LogP contribution in [0.3, 0.4) is 0 Å². The Labute approximate surface area is 173 Å². The van der Waals surface area contributed by atoms with Crippen LogP contribution in [0.4, 0.5) is 24.5 Å². The van der Waals surface area contributed by atoms with Gasteiger partial charge >= 0.3 is 6.18 Å². The van der Waals surface area contributed by atoms with Crippen LogP contribution in [0.1, 0.15) is 42.1 Å². The molecule has 2 atom stereocenters. The van der Waals surface area contributed by atoms with E-state index in [0.717, 1.165) is 32.1 Å². The van der Waals surface area contributed by atoms with Gasteiger partial charge < -0.3 is 10.2 Å². The topological polar surface area (TPSA) is 48.5 Å². The van der Waals surface area contributed by atoms with Crippen LogP contribution in [0.15, 0.2) is 42.7 Å². The van der Waals surface area contributed by atoms with Crippen LogP contribution in [-0.4, -0.2) is 47.5 Å². The number of likely N-dealkylation sites (tertiary alicyclic amines) is 1. The van der Waals surface area contributed by atoms with Crippen molar-refractivity contribution in [3.8, 4) is 0 Å². The lowest BCUT2D eigenvalue weighted by Gasteiger charge is -2.29. The highest BCUT2D eigenvalue weighted by Crippen LogP contribution is 2.38. The number of carbonyl (C=O) groups excluding carboxylic acids is 1. The molecular formula is C22H25F3N4O. The fraction of sp³-hybridized carbons (Fsp3) is 0.455. The molecule has 2 aliphatic heterocycles. The molecule has 2 aromatic rings. The van der Waals surface area contributed by atoms with Gasteiger partial charge in [-0.1, -0.05) is 0 Å². The second kappa shape index (κ2) is 8.26. The number of halogens is 3. The minimum atomic E-state index is -4.57. The van der Waals surface area contributed by atoms with Crippen molar-refractivity contribution in [1.82, 2.24) is 9.88 Å². The van der Waals surface area contributed by atoms with Gasteiger partial charge in [-0.25, -0.2) is 0 Å². The molecule has 8 heteroatoms. The summed E-state index contributed by atoms with van der Waals surface area (Å²) in [4.78, 5) is 20.6. The van der Waals surface area contributed by atoms with Gasteiger partial charge in [0.2, 0.25) is 0 Å². The van der Waals surface area contributed by atoms with E-state index in [1.165, 1.54) is 37.4 Å². The van der Waals surface area contributed by atoms with Crippen LogP contribution in [-0.2, 0) is 6.18 Å². The Morgan fingerprint density at radius 3 is 2.70 bits per heavy atom. The number of carbonyl (C=O) groups is 1. The summed E-state index contributed by atoms with van der Waals surface area (Å²) in [5.74, 6) is -0.620. The number of pyridine rings is 1. The standard InChI is InChI=1S/C22H25F3N4O/c1-15-4-3-10-29(15)18-8-11-28(14-18)17-6-7-20(19(12-17)22(23,24)25)27-21(30)16-5-2-9-26-13-16/h2,5-7,9,12-13,15,18H,3-4,8,10-11,14H2,1H3,(H,27,30). The van der Waals surface area contributed by atoms with Crippen molar-refractivity contribution in [3.05, 3.63) is 53.9 Å². The van der Waals surface area contributed by atoms with Crippen LogP contribution in [0, 0.1) is 0 Å². The number of nitrogens with zero attached hydrogens (tertiary/aromatic N) is 3. The van der Waals surface area contributed by atoms with E-state index in [4.69, 9.17) is 0 Å². The van der Waals surface area contributed by atoms with E-state index in [1.807, 2.05) is 4.90 Å². The van der Waals surface area contributed by atoms with Crippen molar-refractivity contribution in [3.63, 3.8) is 0 Å². The first-order valence-corrected chi connectivity index (χ1v) is 10.3. The number of hydrogen-bond donors (Lipinski definition) is 1. The van der Waals surface area contributed by atoms with Gasteiger partial charge in [-0.3, -0.25) is 14.7 Å². The molecule has 30 heavy (non-hydrogen) atoms. The van der Waals surface area contributed by atoms with Gasteiger partial charge in [-0.15, -0.1) is 0 Å². The smallest absolute Gasteiger partial charge is 0.370 e. The zero-order valence-electron chi connectivity index (χ0n) is 16.8. The highest BCUT2D eigenvalue weighted by molar-refractivity contribution is 6.04. The summed E-state index contributed by atoms with van der Waals surface area (Å²) in [7, 11) is 0. The molecule has 0 spiro atoms. The van der Waals surface area contributed by atoms with Crippen molar-refractivity contribution >= 4 is 17.3 Å². The van der Waals surface area contributed by atoms with Gasteiger partial charge in [-0.2, -0.15) is 13.2 Å². The van der Waals surface area contributed by atoms with Crippen molar-refractivity contribution in [1.29, 1.82) is 0 Å². The Bertz CT molecular complexity index is 903. The van der Waals surface area contributed by atoms with Gasteiger partial charge in [0, 0.05) is 43.3 Å².